The summed E-state index contributed by atoms with van der Waals surface area (Å²) < 4.78 is 33.0. The fourth-order valence-corrected chi connectivity index (χ4v) is 5.15. The molecule has 0 aliphatic carbocycles. The van der Waals surface area contributed by atoms with Crippen LogP contribution in [0.15, 0.2) is 94.4 Å². The number of sulfonamides is 1. The molecule has 0 aliphatic heterocycles. The van der Waals surface area contributed by atoms with E-state index < -0.39 is 15.9 Å². The van der Waals surface area contributed by atoms with E-state index in [2.05, 4.69) is 10.3 Å². The maximum atomic E-state index is 13.2. The monoisotopic (exact) mass is 475 g/mol. The maximum Gasteiger partial charge on any atom is 0.256 e. The Hall–Kier alpha value is -3.75. The highest BCUT2D eigenvalue weighted by atomic mass is 32.2. The predicted molar refractivity (Wildman–Crippen MR) is 132 cm³/mol. The highest BCUT2D eigenvalue weighted by Crippen LogP contribution is 2.29. The summed E-state index contributed by atoms with van der Waals surface area (Å²) in [6.07, 6.45) is 1.63. The number of carbonyl (C=O) groups excluding carboxylic acids is 1. The van der Waals surface area contributed by atoms with Crippen LogP contribution in [-0.2, 0) is 10.0 Å². The first-order valence-corrected chi connectivity index (χ1v) is 12.4. The maximum absolute atomic E-state index is 13.2. The minimum Gasteiger partial charge on any atom is -0.436 e. The van der Waals surface area contributed by atoms with E-state index in [-0.39, 0.29) is 4.90 Å². The van der Waals surface area contributed by atoms with Crippen molar-refractivity contribution in [1.29, 1.82) is 0 Å². The van der Waals surface area contributed by atoms with Gasteiger partial charge in [-0.15, -0.1) is 0 Å². The van der Waals surface area contributed by atoms with Gasteiger partial charge >= 0.3 is 0 Å². The largest absolute Gasteiger partial charge is 0.436 e. The molecule has 4 rings (SSSR count). The molecule has 4 aromatic rings. The van der Waals surface area contributed by atoms with Gasteiger partial charge in [-0.05, 0) is 30.3 Å². The van der Waals surface area contributed by atoms with Gasteiger partial charge < -0.3 is 9.73 Å². The summed E-state index contributed by atoms with van der Waals surface area (Å²) in [7, 11) is -3.64. The first-order valence-electron chi connectivity index (χ1n) is 11.0. The number of amides is 1. The number of hydrogen-bond donors (Lipinski definition) is 1. The SMILES string of the molecule is CCN(CC)S(=O)(=O)c1cccc(NC(=O)c2ccccc2-c2ncc(-c3ccccc3)o2)c1. The minimum absolute atomic E-state index is 0.127. The van der Waals surface area contributed by atoms with E-state index in [4.69, 9.17) is 4.42 Å². The Morgan fingerprint density at radius 3 is 2.38 bits per heavy atom. The molecule has 1 N–H and O–H groups in total. The van der Waals surface area contributed by atoms with E-state index in [9.17, 15) is 13.2 Å². The third-order valence-electron chi connectivity index (χ3n) is 5.40. The summed E-state index contributed by atoms with van der Waals surface area (Å²) in [5, 5.41) is 2.80. The van der Waals surface area contributed by atoms with Gasteiger partial charge in [0, 0.05) is 29.9 Å². The number of nitrogens with zero attached hydrogens (tertiary/aromatic N) is 2. The smallest absolute Gasteiger partial charge is 0.256 e. The first kappa shape index (κ1) is 23.4. The molecular formula is C26H25N3O4S. The van der Waals surface area contributed by atoms with E-state index in [1.165, 1.54) is 16.4 Å². The van der Waals surface area contributed by atoms with Gasteiger partial charge in [-0.1, -0.05) is 62.4 Å². The highest BCUT2D eigenvalue weighted by Gasteiger charge is 2.22. The number of oxazole rings is 1. The van der Waals surface area contributed by atoms with Crippen molar-refractivity contribution >= 4 is 21.6 Å². The fraction of sp³-hybridized carbons (Fsp3) is 0.154. The summed E-state index contributed by atoms with van der Waals surface area (Å²) in [6.45, 7) is 4.30. The summed E-state index contributed by atoms with van der Waals surface area (Å²) in [4.78, 5) is 17.6. The summed E-state index contributed by atoms with van der Waals surface area (Å²) in [5.41, 5.74) is 2.16. The first-order chi connectivity index (χ1) is 16.4. The van der Waals surface area contributed by atoms with Crippen LogP contribution < -0.4 is 5.32 Å². The number of carbonyl (C=O) groups is 1. The number of nitrogens with one attached hydrogen (secondary N) is 1. The predicted octanol–water partition coefficient (Wildman–Crippen LogP) is 5.29. The molecule has 0 fully saturated rings. The van der Waals surface area contributed by atoms with Crippen molar-refractivity contribution in [2.45, 2.75) is 18.7 Å². The lowest BCUT2D eigenvalue weighted by molar-refractivity contribution is 0.102. The number of aromatic nitrogens is 1. The van der Waals surface area contributed by atoms with E-state index in [0.29, 0.717) is 41.6 Å². The Kier molecular flexibility index (Phi) is 6.90. The average Bonchev–Trinajstić information content (AvgIpc) is 3.36. The van der Waals surface area contributed by atoms with Gasteiger partial charge in [0.05, 0.1) is 16.7 Å². The molecule has 0 bridgehead atoms. The Bertz CT molecular complexity index is 1390. The van der Waals surface area contributed by atoms with Crippen molar-refractivity contribution in [3.8, 4) is 22.8 Å². The quantitative estimate of drug-likeness (QED) is 0.374. The van der Waals surface area contributed by atoms with Gasteiger partial charge in [0.2, 0.25) is 15.9 Å². The van der Waals surface area contributed by atoms with Gasteiger partial charge in [0.15, 0.2) is 5.76 Å². The van der Waals surface area contributed by atoms with Crippen LogP contribution in [0.1, 0.15) is 24.2 Å². The van der Waals surface area contributed by atoms with Crippen LogP contribution in [0.25, 0.3) is 22.8 Å². The molecule has 3 aromatic carbocycles. The van der Waals surface area contributed by atoms with Crippen molar-refractivity contribution in [3.63, 3.8) is 0 Å². The van der Waals surface area contributed by atoms with Crippen LogP contribution in [0, 0.1) is 0 Å². The van der Waals surface area contributed by atoms with Gasteiger partial charge in [-0.25, -0.2) is 13.4 Å². The van der Waals surface area contributed by atoms with E-state index in [0.717, 1.165) is 5.56 Å². The van der Waals surface area contributed by atoms with E-state index in [1.807, 2.05) is 30.3 Å². The molecule has 0 unspecified atom stereocenters. The highest BCUT2D eigenvalue weighted by molar-refractivity contribution is 7.89. The molecule has 0 aliphatic rings. The molecule has 1 heterocycles. The second-order valence-electron chi connectivity index (χ2n) is 7.51. The zero-order valence-corrected chi connectivity index (χ0v) is 19.7. The lowest BCUT2D eigenvalue weighted by atomic mass is 10.1. The van der Waals surface area contributed by atoms with Crippen LogP contribution >= 0.6 is 0 Å². The normalized spacial score (nSPS) is 11.5. The van der Waals surface area contributed by atoms with Gasteiger partial charge in [0.25, 0.3) is 5.91 Å². The van der Waals surface area contributed by atoms with Crippen LogP contribution in [0.2, 0.25) is 0 Å². The van der Waals surface area contributed by atoms with Crippen LogP contribution in [0.3, 0.4) is 0 Å². The van der Waals surface area contributed by atoms with E-state index >= 15 is 0 Å². The standard InChI is InChI=1S/C26H25N3O4S/c1-3-29(4-2)34(31,32)21-14-10-13-20(17-21)28-25(30)22-15-8-9-16-23(22)26-27-18-24(33-26)19-11-6-5-7-12-19/h5-18H,3-4H2,1-2H3,(H,28,30). The second-order valence-corrected chi connectivity index (χ2v) is 9.45. The molecule has 1 aromatic heterocycles. The molecule has 1 amide bonds. The lowest BCUT2D eigenvalue weighted by Crippen LogP contribution is -2.30. The molecular weight excluding hydrogens is 450 g/mol. The molecule has 0 saturated carbocycles. The molecule has 0 saturated heterocycles. The Morgan fingerprint density at radius 1 is 0.941 bits per heavy atom. The van der Waals surface area contributed by atoms with Crippen molar-refractivity contribution in [1.82, 2.24) is 9.29 Å². The third kappa shape index (κ3) is 4.78. The van der Waals surface area contributed by atoms with Gasteiger partial charge in [-0.3, -0.25) is 4.79 Å². The average molecular weight is 476 g/mol. The summed E-state index contributed by atoms with van der Waals surface area (Å²) in [5.74, 6) is 0.523. The van der Waals surface area contributed by atoms with Crippen LogP contribution in [0.4, 0.5) is 5.69 Å². The number of anilines is 1. The summed E-state index contributed by atoms with van der Waals surface area (Å²) in [6, 6.07) is 22.8. The van der Waals surface area contributed by atoms with Crippen molar-refractivity contribution in [2.24, 2.45) is 0 Å². The molecule has 0 spiro atoms. The topological polar surface area (TPSA) is 92.5 Å². The molecule has 174 valence electrons. The van der Waals surface area contributed by atoms with Gasteiger partial charge in [0.1, 0.15) is 0 Å². The van der Waals surface area contributed by atoms with Crippen LogP contribution in [0.5, 0.6) is 0 Å². The Balaban J connectivity index is 1.61. The van der Waals surface area contributed by atoms with E-state index in [1.54, 1.807) is 56.4 Å². The number of benzene rings is 3. The zero-order valence-electron chi connectivity index (χ0n) is 18.9. The number of rotatable bonds is 8. The Morgan fingerprint density at radius 2 is 1.65 bits per heavy atom. The third-order valence-corrected chi connectivity index (χ3v) is 7.45. The zero-order chi connectivity index (χ0) is 24.1. The minimum atomic E-state index is -3.64. The van der Waals surface area contributed by atoms with Gasteiger partial charge in [-0.2, -0.15) is 4.31 Å². The molecule has 0 radical (unpaired) electrons. The second kappa shape index (κ2) is 10.0. The molecule has 7 nitrogen and oxygen atoms in total. The van der Waals surface area contributed by atoms with Crippen molar-refractivity contribution < 1.29 is 17.6 Å². The Labute approximate surface area is 199 Å². The number of hydrogen-bond acceptors (Lipinski definition) is 5. The molecule has 0 atom stereocenters. The van der Waals surface area contributed by atoms with Crippen molar-refractivity contribution in [2.75, 3.05) is 18.4 Å². The summed E-state index contributed by atoms with van der Waals surface area (Å²) >= 11 is 0. The molecule has 8 heteroatoms. The van der Waals surface area contributed by atoms with Crippen molar-refractivity contribution in [3.05, 3.63) is 90.6 Å². The fourth-order valence-electron chi connectivity index (χ4n) is 3.65. The molecule has 34 heavy (non-hydrogen) atoms. The van der Waals surface area contributed by atoms with Crippen LogP contribution in [-0.4, -0.2) is 36.7 Å². The lowest BCUT2D eigenvalue weighted by Gasteiger charge is -2.19.